The molecule has 2 N–H and O–H groups in total. The number of likely N-dealkylation sites (N-methyl/N-ethyl adjacent to an activating group) is 1. The zero-order valence-electron chi connectivity index (χ0n) is 23.9. The minimum Gasteiger partial charge on any atom is -0.481 e. The van der Waals surface area contributed by atoms with Gasteiger partial charge in [-0.05, 0) is 59.5 Å². The number of benzene rings is 3. The minimum absolute atomic E-state index is 0.0722. The molecule has 1 aliphatic heterocycles. The Balaban J connectivity index is 1.12. The van der Waals surface area contributed by atoms with Gasteiger partial charge in [0, 0.05) is 32.1 Å². The molecule has 1 saturated heterocycles. The summed E-state index contributed by atoms with van der Waals surface area (Å²) in [5.74, 6) is -1.28. The van der Waals surface area contributed by atoms with Crippen LogP contribution in [0.4, 0.5) is 4.79 Å². The lowest BCUT2D eigenvalue weighted by molar-refractivity contribution is -0.140. The number of carboxylic acids is 1. The predicted octanol–water partition coefficient (Wildman–Crippen LogP) is 4.74. The van der Waals surface area contributed by atoms with E-state index in [2.05, 4.69) is 29.6 Å². The van der Waals surface area contributed by atoms with Crippen molar-refractivity contribution in [3.8, 4) is 11.1 Å². The number of rotatable bonds is 9. The van der Waals surface area contributed by atoms with Crippen molar-refractivity contribution in [2.45, 2.75) is 37.8 Å². The number of piperidine rings is 1. The molecule has 3 aromatic rings. The Morgan fingerprint density at radius 2 is 1.55 bits per heavy atom. The largest absolute Gasteiger partial charge is 0.481 e. The first kappa shape index (κ1) is 28.0. The number of nitrogens with one attached hydrogen (secondary N) is 1. The van der Waals surface area contributed by atoms with Crippen LogP contribution >= 0.6 is 0 Å². The third kappa shape index (κ3) is 5.63. The Bertz CT molecular complexity index is 1420. The van der Waals surface area contributed by atoms with E-state index in [1.54, 1.807) is 4.90 Å². The Kier molecular flexibility index (Phi) is 7.73. The van der Waals surface area contributed by atoms with Crippen LogP contribution in [0.15, 0.2) is 78.9 Å². The van der Waals surface area contributed by atoms with Crippen molar-refractivity contribution in [2.24, 2.45) is 11.3 Å². The molecule has 8 heteroatoms. The smallest absolute Gasteiger partial charge is 0.407 e. The Morgan fingerprint density at radius 1 is 0.952 bits per heavy atom. The Hall–Kier alpha value is -4.17. The first-order valence-corrected chi connectivity index (χ1v) is 14.7. The van der Waals surface area contributed by atoms with Crippen LogP contribution in [0.5, 0.6) is 0 Å². The van der Waals surface area contributed by atoms with Crippen LogP contribution < -0.4 is 5.32 Å². The summed E-state index contributed by atoms with van der Waals surface area (Å²) in [6.45, 7) is 2.10. The van der Waals surface area contributed by atoms with Crippen molar-refractivity contribution in [3.05, 3.63) is 95.6 Å². The van der Waals surface area contributed by atoms with Gasteiger partial charge in [0.15, 0.2) is 0 Å². The molecule has 2 aliphatic carbocycles. The first-order valence-electron chi connectivity index (χ1n) is 14.7. The summed E-state index contributed by atoms with van der Waals surface area (Å²) in [6, 6.07) is 25.6. The van der Waals surface area contributed by atoms with E-state index in [4.69, 9.17) is 4.74 Å². The quantitative estimate of drug-likeness (QED) is 0.388. The number of hydrogen-bond acceptors (Lipinski definition) is 5. The fourth-order valence-electron chi connectivity index (χ4n) is 6.88. The van der Waals surface area contributed by atoms with Crippen LogP contribution in [0.3, 0.4) is 0 Å². The van der Waals surface area contributed by atoms with Crippen LogP contribution in [-0.2, 0) is 20.9 Å². The number of carbonyl (C=O) groups is 3. The zero-order chi connectivity index (χ0) is 29.3. The molecule has 3 aromatic carbocycles. The summed E-state index contributed by atoms with van der Waals surface area (Å²) in [7, 11) is 1.93. The van der Waals surface area contributed by atoms with Gasteiger partial charge in [0.2, 0.25) is 5.91 Å². The number of hydrogen-bond donors (Lipinski definition) is 2. The molecule has 6 rings (SSSR count). The number of nitrogens with zero attached hydrogens (tertiary/aromatic N) is 2. The minimum atomic E-state index is -0.794. The highest BCUT2D eigenvalue weighted by molar-refractivity contribution is 5.86. The van der Waals surface area contributed by atoms with E-state index in [0.717, 1.165) is 27.8 Å². The SMILES string of the molecule is CN(Cc1ccccc1)CC(NC(=O)OCC1c2ccccc2-c2ccccc21)C(=O)N1CCC2(CC1)CC2C(=O)O. The van der Waals surface area contributed by atoms with Gasteiger partial charge >= 0.3 is 12.1 Å². The van der Waals surface area contributed by atoms with E-state index in [9.17, 15) is 19.5 Å². The maximum absolute atomic E-state index is 13.8. The van der Waals surface area contributed by atoms with Gasteiger partial charge in [-0.15, -0.1) is 0 Å². The molecule has 3 aliphatic rings. The highest BCUT2D eigenvalue weighted by Crippen LogP contribution is 2.59. The third-order valence-corrected chi connectivity index (χ3v) is 9.28. The maximum Gasteiger partial charge on any atom is 0.407 e. The second-order valence-electron chi connectivity index (χ2n) is 12.0. The molecule has 0 aromatic heterocycles. The van der Waals surface area contributed by atoms with Gasteiger partial charge in [-0.2, -0.15) is 0 Å². The summed E-state index contributed by atoms with van der Waals surface area (Å²) in [6.07, 6.45) is 1.41. The van der Waals surface area contributed by atoms with E-state index in [1.165, 1.54) is 0 Å². The van der Waals surface area contributed by atoms with Gasteiger partial charge in [-0.25, -0.2) is 4.79 Å². The lowest BCUT2D eigenvalue weighted by atomic mass is 9.90. The van der Waals surface area contributed by atoms with Crippen molar-refractivity contribution < 1.29 is 24.2 Å². The van der Waals surface area contributed by atoms with Gasteiger partial charge in [0.25, 0.3) is 0 Å². The van der Waals surface area contributed by atoms with Crippen molar-refractivity contribution in [2.75, 3.05) is 33.3 Å². The van der Waals surface area contributed by atoms with Gasteiger partial charge in [-0.3, -0.25) is 14.5 Å². The fraction of sp³-hybridized carbons (Fsp3) is 0.382. The third-order valence-electron chi connectivity index (χ3n) is 9.28. The molecule has 8 nitrogen and oxygen atoms in total. The average molecular weight is 568 g/mol. The lowest BCUT2D eigenvalue weighted by Crippen LogP contribution is -2.55. The van der Waals surface area contributed by atoms with Crippen LogP contribution in [0, 0.1) is 11.3 Å². The molecular weight excluding hydrogens is 530 g/mol. The van der Waals surface area contributed by atoms with E-state index in [1.807, 2.05) is 66.5 Å². The summed E-state index contributed by atoms with van der Waals surface area (Å²) in [4.78, 5) is 42.3. The van der Waals surface area contributed by atoms with E-state index >= 15 is 0 Å². The molecule has 218 valence electrons. The number of aliphatic carboxylic acids is 1. The molecule has 1 saturated carbocycles. The van der Waals surface area contributed by atoms with Gasteiger partial charge in [-0.1, -0.05) is 78.9 Å². The monoisotopic (exact) mass is 567 g/mol. The van der Waals surface area contributed by atoms with Crippen molar-refractivity contribution in [3.63, 3.8) is 0 Å². The molecule has 1 spiro atoms. The Labute approximate surface area is 246 Å². The average Bonchev–Trinajstić information content (AvgIpc) is 3.61. The molecule has 2 fully saturated rings. The van der Waals surface area contributed by atoms with E-state index in [-0.39, 0.29) is 29.8 Å². The van der Waals surface area contributed by atoms with Crippen LogP contribution in [0.2, 0.25) is 0 Å². The molecule has 2 amide bonds. The number of carbonyl (C=O) groups excluding carboxylic acids is 2. The molecule has 2 unspecified atom stereocenters. The molecule has 0 radical (unpaired) electrons. The fourth-order valence-corrected chi connectivity index (χ4v) is 6.88. The highest BCUT2D eigenvalue weighted by Gasteiger charge is 2.59. The van der Waals surface area contributed by atoms with Crippen LogP contribution in [0.1, 0.15) is 41.9 Å². The zero-order valence-corrected chi connectivity index (χ0v) is 23.9. The standard InChI is InChI=1S/C34H37N3O5/c1-36(20-23-9-3-2-4-10-23)21-30(31(38)37-17-15-34(16-18-37)19-29(34)32(39)40)35-33(41)42-22-28-26-13-7-5-11-24(26)25-12-6-8-14-27(25)28/h2-14,28-30H,15-22H2,1H3,(H,35,41)(H,39,40). The summed E-state index contributed by atoms with van der Waals surface area (Å²) in [5.41, 5.74) is 5.50. The lowest BCUT2D eigenvalue weighted by Gasteiger charge is -2.35. The molecular formula is C34H37N3O5. The second-order valence-corrected chi connectivity index (χ2v) is 12.0. The topological polar surface area (TPSA) is 99.2 Å². The molecule has 0 bridgehead atoms. The number of alkyl carbamates (subject to hydrolysis) is 1. The Morgan fingerprint density at radius 3 is 2.14 bits per heavy atom. The molecule has 2 atom stereocenters. The number of ether oxygens (including phenoxy) is 1. The van der Waals surface area contributed by atoms with Gasteiger partial charge in [0.1, 0.15) is 12.6 Å². The summed E-state index contributed by atoms with van der Waals surface area (Å²) in [5, 5.41) is 12.3. The van der Waals surface area contributed by atoms with E-state index < -0.39 is 18.1 Å². The van der Waals surface area contributed by atoms with Crippen molar-refractivity contribution in [1.29, 1.82) is 0 Å². The van der Waals surface area contributed by atoms with Gasteiger partial charge < -0.3 is 20.1 Å². The van der Waals surface area contributed by atoms with E-state index in [0.29, 0.717) is 45.4 Å². The van der Waals surface area contributed by atoms with Crippen molar-refractivity contribution in [1.82, 2.24) is 15.1 Å². The van der Waals surface area contributed by atoms with Gasteiger partial charge in [0.05, 0.1) is 5.92 Å². The summed E-state index contributed by atoms with van der Waals surface area (Å²) < 4.78 is 5.79. The second kappa shape index (κ2) is 11.6. The predicted molar refractivity (Wildman–Crippen MR) is 159 cm³/mol. The number of carboxylic acid groups (broad SMARTS) is 1. The number of likely N-dealkylation sites (tertiary alicyclic amines) is 1. The number of fused-ring (bicyclic) bond motifs is 3. The molecule has 1 heterocycles. The van der Waals surface area contributed by atoms with Crippen LogP contribution in [-0.4, -0.2) is 72.2 Å². The molecule has 42 heavy (non-hydrogen) atoms. The normalized spacial score (nSPS) is 19.2. The maximum atomic E-state index is 13.8. The highest BCUT2D eigenvalue weighted by atomic mass is 16.5. The first-order chi connectivity index (χ1) is 20.3. The number of amides is 2. The summed E-state index contributed by atoms with van der Waals surface area (Å²) >= 11 is 0. The van der Waals surface area contributed by atoms with Crippen LogP contribution in [0.25, 0.3) is 11.1 Å². The van der Waals surface area contributed by atoms with Crippen molar-refractivity contribution >= 4 is 18.0 Å².